The molecule has 0 spiro atoms. The van der Waals surface area contributed by atoms with Crippen molar-refractivity contribution in [3.8, 4) is 5.75 Å². The quantitative estimate of drug-likeness (QED) is 0.446. The van der Waals surface area contributed by atoms with Crippen molar-refractivity contribution in [1.29, 1.82) is 0 Å². The molecule has 0 atom stereocenters. The Kier molecular flexibility index (Phi) is 6.35. The van der Waals surface area contributed by atoms with Gasteiger partial charge in [0.25, 0.3) is 0 Å². The normalized spacial score (nSPS) is 23.3. The van der Waals surface area contributed by atoms with E-state index < -0.39 is 23.5 Å². The highest BCUT2D eigenvalue weighted by atomic mass is 19.3. The molecule has 4 rings (SSSR count). The van der Waals surface area contributed by atoms with E-state index in [2.05, 4.69) is 4.74 Å². The molecule has 2 fully saturated rings. The summed E-state index contributed by atoms with van der Waals surface area (Å²) in [5.74, 6) is -0.608. The van der Waals surface area contributed by atoms with E-state index >= 15 is 0 Å². The van der Waals surface area contributed by atoms with Crippen LogP contribution in [0.2, 0.25) is 0 Å². The van der Waals surface area contributed by atoms with E-state index in [0.717, 1.165) is 42.4 Å². The van der Waals surface area contributed by atoms with E-state index in [-0.39, 0.29) is 5.56 Å². The highest BCUT2D eigenvalue weighted by Crippen LogP contribution is 2.43. The smallest absolute Gasteiger partial charge is 0.426 e. The number of halogens is 4. The van der Waals surface area contributed by atoms with Gasteiger partial charge in [0.15, 0.2) is 11.6 Å². The molecule has 0 aromatic heterocycles. The molecule has 0 radical (unpaired) electrons. The predicted molar refractivity (Wildman–Crippen MR) is 109 cm³/mol. The summed E-state index contributed by atoms with van der Waals surface area (Å²) in [6.45, 7) is 0. The van der Waals surface area contributed by atoms with Crippen LogP contribution in [0.3, 0.4) is 0 Å². The minimum atomic E-state index is -3.62. The summed E-state index contributed by atoms with van der Waals surface area (Å²) >= 11 is 0. The van der Waals surface area contributed by atoms with E-state index in [1.807, 2.05) is 0 Å². The standard InChI is InChI=1S/C25H28F4O/c26-23-15-14-22(16-24(23)27)30-25(28,29)21-12-10-20(11-13-21)19-8-6-18(7-9-19)17-4-2-1-3-5-17/h10-19H,1-9H2. The van der Waals surface area contributed by atoms with Crippen LogP contribution in [0.5, 0.6) is 5.75 Å². The number of hydrogen-bond donors (Lipinski definition) is 0. The van der Waals surface area contributed by atoms with Gasteiger partial charge in [-0.05, 0) is 73.3 Å². The Morgan fingerprint density at radius 3 is 1.97 bits per heavy atom. The average molecular weight is 420 g/mol. The maximum absolute atomic E-state index is 14.5. The van der Waals surface area contributed by atoms with Crippen molar-refractivity contribution in [3.05, 3.63) is 65.2 Å². The van der Waals surface area contributed by atoms with Crippen molar-refractivity contribution in [3.63, 3.8) is 0 Å². The van der Waals surface area contributed by atoms with Crippen molar-refractivity contribution in [2.24, 2.45) is 11.8 Å². The largest absolute Gasteiger partial charge is 0.429 e. The number of ether oxygens (including phenoxy) is 1. The lowest BCUT2D eigenvalue weighted by atomic mass is 9.70. The molecule has 2 aromatic rings. The number of benzene rings is 2. The van der Waals surface area contributed by atoms with Crippen LogP contribution in [-0.2, 0) is 6.11 Å². The van der Waals surface area contributed by atoms with Crippen LogP contribution in [-0.4, -0.2) is 0 Å². The topological polar surface area (TPSA) is 9.23 Å². The van der Waals surface area contributed by atoms with Crippen LogP contribution in [0.1, 0.15) is 74.8 Å². The Morgan fingerprint density at radius 2 is 1.33 bits per heavy atom. The van der Waals surface area contributed by atoms with Gasteiger partial charge in [0, 0.05) is 6.07 Å². The first-order valence-electron chi connectivity index (χ1n) is 11.0. The van der Waals surface area contributed by atoms with E-state index in [9.17, 15) is 17.6 Å². The minimum absolute atomic E-state index is 0.299. The van der Waals surface area contributed by atoms with Gasteiger partial charge in [-0.1, -0.05) is 44.2 Å². The third-order valence-corrected chi connectivity index (χ3v) is 6.94. The van der Waals surface area contributed by atoms with Crippen molar-refractivity contribution >= 4 is 0 Å². The maximum Gasteiger partial charge on any atom is 0.426 e. The molecule has 1 nitrogen and oxygen atoms in total. The molecule has 0 bridgehead atoms. The molecular formula is C25H28F4O. The molecule has 2 aliphatic carbocycles. The second-order valence-corrected chi connectivity index (χ2v) is 8.83. The molecule has 2 aromatic carbocycles. The molecule has 2 saturated carbocycles. The zero-order chi connectivity index (χ0) is 21.1. The number of alkyl halides is 2. The van der Waals surface area contributed by atoms with Crippen molar-refractivity contribution in [2.45, 2.75) is 69.8 Å². The monoisotopic (exact) mass is 420 g/mol. The summed E-state index contributed by atoms with van der Waals surface area (Å²) in [7, 11) is 0. The van der Waals surface area contributed by atoms with Gasteiger partial charge >= 0.3 is 6.11 Å². The fourth-order valence-electron chi connectivity index (χ4n) is 5.23. The summed E-state index contributed by atoms with van der Waals surface area (Å²) in [5, 5.41) is 0. The molecular weight excluding hydrogens is 392 g/mol. The first-order chi connectivity index (χ1) is 14.4. The molecule has 2 aliphatic rings. The molecule has 0 unspecified atom stereocenters. The molecule has 0 amide bonds. The van der Waals surface area contributed by atoms with Crippen molar-refractivity contribution in [2.75, 3.05) is 0 Å². The van der Waals surface area contributed by atoms with Crippen LogP contribution < -0.4 is 4.74 Å². The van der Waals surface area contributed by atoms with Crippen molar-refractivity contribution in [1.82, 2.24) is 0 Å². The van der Waals surface area contributed by atoms with Gasteiger partial charge in [-0.2, -0.15) is 8.78 Å². The third-order valence-electron chi connectivity index (χ3n) is 6.94. The van der Waals surface area contributed by atoms with Gasteiger partial charge in [0.05, 0.1) is 5.56 Å². The Hall–Kier alpha value is -2.04. The van der Waals surface area contributed by atoms with Crippen LogP contribution in [0, 0.1) is 23.5 Å². The number of rotatable bonds is 5. The second-order valence-electron chi connectivity index (χ2n) is 8.83. The summed E-state index contributed by atoms with van der Waals surface area (Å²) in [6, 6.07) is 8.65. The fraction of sp³-hybridized carbons (Fsp3) is 0.520. The van der Waals surface area contributed by atoms with Crippen molar-refractivity contribution < 1.29 is 22.3 Å². The lowest BCUT2D eigenvalue weighted by Gasteiger charge is -2.36. The second kappa shape index (κ2) is 8.99. The first-order valence-corrected chi connectivity index (χ1v) is 11.0. The van der Waals surface area contributed by atoms with Crippen LogP contribution in [0.25, 0.3) is 0 Å². The zero-order valence-corrected chi connectivity index (χ0v) is 17.1. The fourth-order valence-corrected chi connectivity index (χ4v) is 5.23. The molecule has 0 saturated heterocycles. The summed E-state index contributed by atoms with van der Waals surface area (Å²) in [6.07, 6.45) is 7.92. The Balaban J connectivity index is 1.37. The highest BCUT2D eigenvalue weighted by Gasteiger charge is 2.35. The van der Waals surface area contributed by atoms with Crippen LogP contribution in [0.4, 0.5) is 17.6 Å². The van der Waals surface area contributed by atoms with E-state index in [1.165, 1.54) is 57.1 Å². The van der Waals surface area contributed by atoms with Gasteiger partial charge in [0.2, 0.25) is 0 Å². The Bertz CT molecular complexity index is 835. The van der Waals surface area contributed by atoms with Crippen LogP contribution >= 0.6 is 0 Å². The molecule has 162 valence electrons. The van der Waals surface area contributed by atoms with Crippen LogP contribution in [0.15, 0.2) is 42.5 Å². The zero-order valence-electron chi connectivity index (χ0n) is 17.1. The lowest BCUT2D eigenvalue weighted by Crippen LogP contribution is -2.23. The molecule has 0 aliphatic heterocycles. The van der Waals surface area contributed by atoms with Gasteiger partial charge in [0.1, 0.15) is 5.75 Å². The summed E-state index contributed by atoms with van der Waals surface area (Å²) in [4.78, 5) is 0. The average Bonchev–Trinajstić information content (AvgIpc) is 2.77. The lowest BCUT2D eigenvalue weighted by molar-refractivity contribution is -0.185. The Morgan fingerprint density at radius 1 is 0.700 bits per heavy atom. The summed E-state index contributed by atoms with van der Waals surface area (Å²) in [5.41, 5.74) is 0.788. The Labute approximate surface area is 175 Å². The van der Waals surface area contributed by atoms with E-state index in [0.29, 0.717) is 12.0 Å². The summed E-state index contributed by atoms with van der Waals surface area (Å²) < 4.78 is 59.8. The molecule has 30 heavy (non-hydrogen) atoms. The van der Waals surface area contributed by atoms with Gasteiger partial charge in [-0.3, -0.25) is 0 Å². The van der Waals surface area contributed by atoms with E-state index in [4.69, 9.17) is 0 Å². The highest BCUT2D eigenvalue weighted by molar-refractivity contribution is 5.30. The number of hydrogen-bond acceptors (Lipinski definition) is 1. The van der Waals surface area contributed by atoms with Gasteiger partial charge in [-0.15, -0.1) is 0 Å². The third kappa shape index (κ3) is 4.81. The molecule has 0 N–H and O–H groups in total. The minimum Gasteiger partial charge on any atom is -0.429 e. The molecule has 0 heterocycles. The molecule has 5 heteroatoms. The van der Waals surface area contributed by atoms with E-state index in [1.54, 1.807) is 12.1 Å². The predicted octanol–water partition coefficient (Wildman–Crippen LogP) is 7.95. The SMILES string of the molecule is Fc1ccc(OC(F)(F)c2ccc(C3CCC(C4CCCCC4)CC3)cc2)cc1F. The van der Waals surface area contributed by atoms with Gasteiger partial charge < -0.3 is 4.74 Å². The maximum atomic E-state index is 14.5. The van der Waals surface area contributed by atoms with Gasteiger partial charge in [-0.25, -0.2) is 8.78 Å². The first kappa shape index (κ1) is 21.2.